The lowest BCUT2D eigenvalue weighted by Gasteiger charge is -2.30. The van der Waals surface area contributed by atoms with Gasteiger partial charge in [0.25, 0.3) is 0 Å². The molecule has 2 aromatic rings. The van der Waals surface area contributed by atoms with E-state index in [1.165, 1.54) is 12.1 Å². The smallest absolute Gasteiger partial charge is 0.229 e. The van der Waals surface area contributed by atoms with Crippen LogP contribution in [0.3, 0.4) is 0 Å². The number of rotatable bonds is 4. The highest BCUT2D eigenvalue weighted by Crippen LogP contribution is 2.26. The summed E-state index contributed by atoms with van der Waals surface area (Å²) in [6, 6.07) is 4.32. The van der Waals surface area contributed by atoms with E-state index in [2.05, 4.69) is 22.4 Å². The summed E-state index contributed by atoms with van der Waals surface area (Å²) in [5, 5.41) is 7.59. The van der Waals surface area contributed by atoms with Crippen LogP contribution in [0.15, 0.2) is 22.7 Å². The van der Waals surface area contributed by atoms with E-state index in [-0.39, 0.29) is 11.7 Å². The molecule has 0 saturated carbocycles. The Morgan fingerprint density at radius 3 is 2.95 bits per heavy atom. The maximum atomic E-state index is 13.0. The zero-order valence-electron chi connectivity index (χ0n) is 11.1. The fraction of sp³-hybridized carbons (Fsp3) is 0.429. The first-order valence-corrected chi connectivity index (χ1v) is 6.98. The molecule has 3 rings (SSSR count). The molecule has 4 nitrogen and oxygen atoms in total. The quantitative estimate of drug-likeness (QED) is 0.942. The first-order chi connectivity index (χ1) is 9.63. The second-order valence-electron chi connectivity index (χ2n) is 5.17. The van der Waals surface area contributed by atoms with Crippen molar-refractivity contribution >= 4 is 11.6 Å². The van der Waals surface area contributed by atoms with Gasteiger partial charge in [-0.25, -0.2) is 4.39 Å². The molecule has 1 aliphatic rings. The van der Waals surface area contributed by atoms with Gasteiger partial charge in [-0.1, -0.05) is 29.7 Å². The number of halogens is 2. The predicted molar refractivity (Wildman–Crippen MR) is 73.3 cm³/mol. The molecule has 1 fully saturated rings. The minimum absolute atomic E-state index is 0.251. The molecule has 106 valence electrons. The summed E-state index contributed by atoms with van der Waals surface area (Å²) in [7, 11) is 0. The molecule has 20 heavy (non-hydrogen) atoms. The Balaban J connectivity index is 1.73. The zero-order chi connectivity index (χ0) is 14.1. The molecule has 1 aliphatic heterocycles. The fourth-order valence-electron chi connectivity index (χ4n) is 2.23. The van der Waals surface area contributed by atoms with Crippen molar-refractivity contribution in [2.45, 2.75) is 19.3 Å². The molecule has 0 radical (unpaired) electrons. The van der Waals surface area contributed by atoms with Gasteiger partial charge in [0.1, 0.15) is 5.82 Å². The first-order valence-electron chi connectivity index (χ1n) is 6.60. The number of aromatic nitrogens is 2. The van der Waals surface area contributed by atoms with Gasteiger partial charge in [-0.3, -0.25) is 0 Å². The first kappa shape index (κ1) is 13.5. The molecule has 0 spiro atoms. The van der Waals surface area contributed by atoms with Crippen molar-refractivity contribution in [1.82, 2.24) is 15.5 Å². The number of hydrogen-bond acceptors (Lipinski definition) is 4. The summed E-state index contributed by atoms with van der Waals surface area (Å²) in [6.45, 7) is 4.07. The summed E-state index contributed by atoms with van der Waals surface area (Å²) >= 11 is 6.00. The van der Waals surface area contributed by atoms with Crippen LogP contribution >= 0.6 is 11.6 Å². The molecule has 1 saturated heterocycles. The van der Waals surface area contributed by atoms with Crippen LogP contribution in [-0.2, 0) is 6.42 Å². The van der Waals surface area contributed by atoms with Crippen molar-refractivity contribution in [3.05, 3.63) is 46.3 Å². The molecule has 1 aromatic heterocycles. The summed E-state index contributed by atoms with van der Waals surface area (Å²) in [4.78, 5) is 4.41. The van der Waals surface area contributed by atoms with Crippen LogP contribution in [0.4, 0.5) is 4.39 Å². The molecule has 1 N–H and O–H groups in total. The van der Waals surface area contributed by atoms with Crippen LogP contribution in [-0.4, -0.2) is 23.2 Å². The van der Waals surface area contributed by atoms with Crippen LogP contribution in [0.5, 0.6) is 0 Å². The Morgan fingerprint density at radius 2 is 2.30 bits per heavy atom. The van der Waals surface area contributed by atoms with Gasteiger partial charge in [-0.2, -0.15) is 4.98 Å². The van der Waals surface area contributed by atoms with Crippen molar-refractivity contribution < 1.29 is 8.91 Å². The van der Waals surface area contributed by atoms with Crippen molar-refractivity contribution in [3.8, 4) is 0 Å². The van der Waals surface area contributed by atoms with Gasteiger partial charge in [-0.15, -0.1) is 0 Å². The van der Waals surface area contributed by atoms with E-state index < -0.39 is 0 Å². The van der Waals surface area contributed by atoms with E-state index in [0.29, 0.717) is 29.1 Å². The van der Waals surface area contributed by atoms with Gasteiger partial charge < -0.3 is 9.84 Å². The second kappa shape index (κ2) is 5.50. The third-order valence-electron chi connectivity index (χ3n) is 3.76. The molecular weight excluding hydrogens is 281 g/mol. The normalized spacial score (nSPS) is 16.9. The molecule has 0 aliphatic carbocycles. The van der Waals surface area contributed by atoms with Crippen LogP contribution in [0.1, 0.15) is 30.1 Å². The van der Waals surface area contributed by atoms with E-state index in [9.17, 15) is 4.39 Å². The highest BCUT2D eigenvalue weighted by atomic mass is 35.5. The maximum absolute atomic E-state index is 13.0. The average molecular weight is 296 g/mol. The molecule has 1 atom stereocenters. The zero-order valence-corrected chi connectivity index (χ0v) is 11.8. The SMILES string of the molecule is CC(c1nc(Cc2ccc(F)cc2Cl)no1)C1CNC1. The summed E-state index contributed by atoms with van der Waals surface area (Å²) < 4.78 is 18.3. The maximum Gasteiger partial charge on any atom is 0.229 e. The van der Waals surface area contributed by atoms with E-state index in [1.54, 1.807) is 6.07 Å². The summed E-state index contributed by atoms with van der Waals surface area (Å²) in [5.41, 5.74) is 0.790. The Morgan fingerprint density at radius 1 is 1.50 bits per heavy atom. The van der Waals surface area contributed by atoms with Crippen molar-refractivity contribution in [2.75, 3.05) is 13.1 Å². The monoisotopic (exact) mass is 295 g/mol. The highest BCUT2D eigenvalue weighted by molar-refractivity contribution is 6.31. The van der Waals surface area contributed by atoms with E-state index in [4.69, 9.17) is 16.1 Å². The minimum Gasteiger partial charge on any atom is -0.339 e. The molecule has 1 unspecified atom stereocenters. The number of nitrogens with zero attached hydrogens (tertiary/aromatic N) is 2. The third kappa shape index (κ3) is 2.69. The van der Waals surface area contributed by atoms with Gasteiger partial charge in [0, 0.05) is 17.4 Å². The van der Waals surface area contributed by atoms with Gasteiger partial charge in [0.05, 0.1) is 0 Å². The van der Waals surface area contributed by atoms with Crippen LogP contribution in [0.25, 0.3) is 0 Å². The Kier molecular flexibility index (Phi) is 3.72. The molecule has 0 bridgehead atoms. The van der Waals surface area contributed by atoms with Crippen LogP contribution < -0.4 is 5.32 Å². The van der Waals surface area contributed by atoms with Crippen LogP contribution in [0.2, 0.25) is 5.02 Å². The van der Waals surface area contributed by atoms with Gasteiger partial charge in [0.15, 0.2) is 5.82 Å². The molecule has 2 heterocycles. The summed E-state index contributed by atoms with van der Waals surface area (Å²) in [6.07, 6.45) is 0.443. The second-order valence-corrected chi connectivity index (χ2v) is 5.58. The van der Waals surface area contributed by atoms with Gasteiger partial charge in [0.2, 0.25) is 5.89 Å². The average Bonchev–Trinajstić information content (AvgIpc) is 2.79. The number of nitrogens with one attached hydrogen (secondary N) is 1. The minimum atomic E-state index is -0.348. The molecule has 0 amide bonds. The van der Waals surface area contributed by atoms with E-state index in [1.807, 2.05) is 0 Å². The fourth-order valence-corrected chi connectivity index (χ4v) is 2.46. The standard InChI is InChI=1S/C14H15ClFN3O/c1-8(10-6-17-7-10)14-18-13(19-20-14)4-9-2-3-11(16)5-12(9)15/h2-3,5,8,10,17H,4,6-7H2,1H3. The lowest BCUT2D eigenvalue weighted by molar-refractivity contribution is 0.252. The van der Waals surface area contributed by atoms with Crippen LogP contribution in [0, 0.1) is 11.7 Å². The van der Waals surface area contributed by atoms with Crippen molar-refractivity contribution in [2.24, 2.45) is 5.92 Å². The molecule has 6 heteroatoms. The van der Waals surface area contributed by atoms with Gasteiger partial charge in [-0.05, 0) is 36.7 Å². The predicted octanol–water partition coefficient (Wildman–Crippen LogP) is 2.78. The van der Waals surface area contributed by atoms with Crippen molar-refractivity contribution in [3.63, 3.8) is 0 Å². The lowest BCUT2D eigenvalue weighted by atomic mass is 9.89. The Bertz CT molecular complexity index is 612. The Hall–Kier alpha value is -1.46. The largest absolute Gasteiger partial charge is 0.339 e. The topological polar surface area (TPSA) is 51.0 Å². The summed E-state index contributed by atoms with van der Waals surface area (Å²) in [5.74, 6) is 1.69. The molecule has 1 aromatic carbocycles. The van der Waals surface area contributed by atoms with E-state index >= 15 is 0 Å². The number of hydrogen-bond donors (Lipinski definition) is 1. The highest BCUT2D eigenvalue weighted by Gasteiger charge is 2.28. The lowest BCUT2D eigenvalue weighted by Crippen LogP contribution is -2.44. The van der Waals surface area contributed by atoms with Crippen molar-refractivity contribution in [1.29, 1.82) is 0 Å². The van der Waals surface area contributed by atoms with Gasteiger partial charge >= 0.3 is 0 Å². The number of benzene rings is 1. The third-order valence-corrected chi connectivity index (χ3v) is 4.11. The Labute approximate surface area is 121 Å². The van der Waals surface area contributed by atoms with E-state index in [0.717, 1.165) is 18.7 Å². The molecular formula is C14H15ClFN3O.